The van der Waals surface area contributed by atoms with Gasteiger partial charge in [-0.3, -0.25) is 9.59 Å². The minimum absolute atomic E-state index is 0.0656. The highest BCUT2D eigenvalue weighted by atomic mass is 79.9. The van der Waals surface area contributed by atoms with Gasteiger partial charge in [-0.25, -0.2) is 0 Å². The monoisotopic (exact) mass is 378 g/mol. The summed E-state index contributed by atoms with van der Waals surface area (Å²) in [5, 5.41) is 0.895. The molecule has 0 heterocycles. The highest BCUT2D eigenvalue weighted by molar-refractivity contribution is 9.09. The lowest BCUT2D eigenvalue weighted by molar-refractivity contribution is -0.153. The number of methoxy groups -OCH3 is 1. The number of unbranched alkanes of at least 4 members (excludes halogenated alkanes) is 3. The zero-order chi connectivity index (χ0) is 16.8. The summed E-state index contributed by atoms with van der Waals surface area (Å²) in [5.41, 5.74) is 0. The summed E-state index contributed by atoms with van der Waals surface area (Å²) < 4.78 is 10.8. The number of esters is 1. The van der Waals surface area contributed by atoms with Crippen LogP contribution in [0.4, 0.5) is 0 Å². The zero-order valence-corrected chi connectivity index (χ0v) is 15.8. The van der Waals surface area contributed by atoms with Crippen molar-refractivity contribution in [1.82, 2.24) is 0 Å². The Labute approximate surface area is 143 Å². The Hall–Kier alpha value is -0.420. The third-order valence-electron chi connectivity index (χ3n) is 3.58. The van der Waals surface area contributed by atoms with Gasteiger partial charge < -0.3 is 9.47 Å². The van der Waals surface area contributed by atoms with Crippen LogP contribution < -0.4 is 0 Å². The Morgan fingerprint density at radius 3 is 2.23 bits per heavy atom. The molecule has 0 saturated heterocycles. The average Bonchev–Trinajstić information content (AvgIpc) is 2.47. The maximum absolute atomic E-state index is 12.0. The summed E-state index contributed by atoms with van der Waals surface area (Å²) >= 11 is 3.37. The molecular formula is C17H31BrO4. The van der Waals surface area contributed by atoms with Gasteiger partial charge in [-0.05, 0) is 32.6 Å². The smallest absolute Gasteiger partial charge is 0.308 e. The number of ketones is 1. The third-order valence-corrected chi connectivity index (χ3v) is 4.14. The lowest BCUT2D eigenvalue weighted by Gasteiger charge is -2.19. The summed E-state index contributed by atoms with van der Waals surface area (Å²) in [6.07, 6.45) is 7.20. The van der Waals surface area contributed by atoms with Crippen LogP contribution in [0, 0.1) is 0 Å². The fourth-order valence-electron chi connectivity index (χ4n) is 2.35. The van der Waals surface area contributed by atoms with Gasteiger partial charge in [-0.1, -0.05) is 42.1 Å². The van der Waals surface area contributed by atoms with Gasteiger partial charge in [0.2, 0.25) is 0 Å². The fraction of sp³-hybridized carbons (Fsp3) is 0.882. The van der Waals surface area contributed by atoms with E-state index in [1.807, 2.05) is 0 Å². The maximum Gasteiger partial charge on any atom is 0.308 e. The minimum Gasteiger partial charge on any atom is -0.462 e. The molecule has 0 aliphatic rings. The molecule has 5 heteroatoms. The maximum atomic E-state index is 12.0. The Kier molecular flexibility index (Phi) is 13.9. The van der Waals surface area contributed by atoms with Crippen LogP contribution in [0.3, 0.4) is 0 Å². The van der Waals surface area contributed by atoms with Crippen molar-refractivity contribution in [3.05, 3.63) is 0 Å². The SMILES string of the molecule is CCCCCCC(CC(C)=O)OC(=O)CC(CCCBr)OC. The second-order valence-electron chi connectivity index (χ2n) is 5.76. The third kappa shape index (κ3) is 12.2. The zero-order valence-electron chi connectivity index (χ0n) is 14.2. The van der Waals surface area contributed by atoms with Crippen LogP contribution in [0.2, 0.25) is 0 Å². The van der Waals surface area contributed by atoms with Crippen LogP contribution in [0.5, 0.6) is 0 Å². The number of rotatable bonds is 14. The summed E-state index contributed by atoms with van der Waals surface area (Å²) in [5.74, 6) is -0.195. The molecule has 0 aliphatic carbocycles. The number of carbonyl (C=O) groups is 2. The van der Waals surface area contributed by atoms with Gasteiger partial charge >= 0.3 is 5.97 Å². The first-order chi connectivity index (χ1) is 10.5. The number of ether oxygens (including phenoxy) is 2. The van der Waals surface area contributed by atoms with Crippen LogP contribution in [0.15, 0.2) is 0 Å². The summed E-state index contributed by atoms with van der Waals surface area (Å²) in [4.78, 5) is 23.4. The predicted molar refractivity (Wildman–Crippen MR) is 92.4 cm³/mol. The Balaban J connectivity index is 4.24. The predicted octanol–water partition coefficient (Wildman–Crippen LogP) is 4.43. The van der Waals surface area contributed by atoms with Crippen molar-refractivity contribution in [2.75, 3.05) is 12.4 Å². The fourth-order valence-corrected chi connectivity index (χ4v) is 2.67. The van der Waals surface area contributed by atoms with Crippen molar-refractivity contribution in [2.24, 2.45) is 0 Å². The normalized spacial score (nSPS) is 13.6. The molecule has 22 heavy (non-hydrogen) atoms. The van der Waals surface area contributed by atoms with Crippen LogP contribution in [0.1, 0.15) is 71.6 Å². The molecular weight excluding hydrogens is 348 g/mol. The van der Waals surface area contributed by atoms with Gasteiger partial charge in [-0.15, -0.1) is 0 Å². The van der Waals surface area contributed by atoms with E-state index in [1.165, 1.54) is 12.8 Å². The average molecular weight is 379 g/mol. The van der Waals surface area contributed by atoms with E-state index in [9.17, 15) is 9.59 Å². The first kappa shape index (κ1) is 21.6. The molecule has 0 aromatic heterocycles. The Bertz CT molecular complexity index is 307. The van der Waals surface area contributed by atoms with Gasteiger partial charge in [0, 0.05) is 18.9 Å². The summed E-state index contributed by atoms with van der Waals surface area (Å²) in [6, 6.07) is 0. The van der Waals surface area contributed by atoms with Gasteiger partial charge in [0.1, 0.15) is 11.9 Å². The number of hydrogen-bond acceptors (Lipinski definition) is 4. The van der Waals surface area contributed by atoms with Crippen LogP contribution in [-0.4, -0.2) is 36.4 Å². The first-order valence-corrected chi connectivity index (χ1v) is 9.43. The van der Waals surface area contributed by atoms with E-state index >= 15 is 0 Å². The van der Waals surface area contributed by atoms with E-state index in [1.54, 1.807) is 14.0 Å². The quantitative estimate of drug-likeness (QED) is 0.255. The molecule has 2 atom stereocenters. The lowest BCUT2D eigenvalue weighted by atomic mass is 10.0. The highest BCUT2D eigenvalue weighted by Crippen LogP contribution is 2.15. The van der Waals surface area contributed by atoms with Crippen molar-refractivity contribution in [2.45, 2.75) is 83.8 Å². The molecule has 0 amide bonds. The lowest BCUT2D eigenvalue weighted by Crippen LogP contribution is -2.25. The molecule has 0 aliphatic heterocycles. The van der Waals surface area contributed by atoms with Crippen LogP contribution >= 0.6 is 15.9 Å². The van der Waals surface area contributed by atoms with Gasteiger partial charge in [-0.2, -0.15) is 0 Å². The van der Waals surface area contributed by atoms with Crippen molar-refractivity contribution in [1.29, 1.82) is 0 Å². The molecule has 130 valence electrons. The Morgan fingerprint density at radius 1 is 1.00 bits per heavy atom. The molecule has 2 unspecified atom stereocenters. The molecule has 0 saturated carbocycles. The number of hydrogen-bond donors (Lipinski definition) is 0. The number of halogens is 1. The summed E-state index contributed by atoms with van der Waals surface area (Å²) in [7, 11) is 1.62. The Morgan fingerprint density at radius 2 is 1.68 bits per heavy atom. The molecule has 0 rings (SSSR count). The van der Waals surface area contributed by atoms with E-state index in [4.69, 9.17) is 9.47 Å². The van der Waals surface area contributed by atoms with E-state index < -0.39 is 0 Å². The van der Waals surface area contributed by atoms with Crippen molar-refractivity contribution < 1.29 is 19.1 Å². The largest absolute Gasteiger partial charge is 0.462 e. The van der Waals surface area contributed by atoms with Gasteiger partial charge in [0.15, 0.2) is 0 Å². The molecule has 0 N–H and O–H groups in total. The number of Topliss-reactive ketones (excluding diaryl/α,β-unsaturated/α-hetero) is 1. The standard InChI is InChI=1S/C17H31BrO4/c1-4-5-6-7-9-16(12-14(2)19)22-17(20)13-15(21-3)10-8-11-18/h15-16H,4-13H2,1-3H3. The van der Waals surface area contributed by atoms with Gasteiger partial charge in [0.25, 0.3) is 0 Å². The second kappa shape index (κ2) is 14.2. The number of alkyl halides is 1. The molecule has 0 bridgehead atoms. The first-order valence-electron chi connectivity index (χ1n) is 8.31. The van der Waals surface area contributed by atoms with E-state index in [0.29, 0.717) is 6.42 Å². The van der Waals surface area contributed by atoms with E-state index in [2.05, 4.69) is 22.9 Å². The highest BCUT2D eigenvalue weighted by Gasteiger charge is 2.19. The van der Waals surface area contributed by atoms with Crippen molar-refractivity contribution >= 4 is 27.7 Å². The van der Waals surface area contributed by atoms with E-state index in [0.717, 1.165) is 37.4 Å². The minimum atomic E-state index is -0.282. The molecule has 0 spiro atoms. The molecule has 4 nitrogen and oxygen atoms in total. The molecule has 0 aromatic rings. The summed E-state index contributed by atoms with van der Waals surface area (Å²) in [6.45, 7) is 3.70. The molecule has 0 aromatic carbocycles. The van der Waals surface area contributed by atoms with Crippen molar-refractivity contribution in [3.8, 4) is 0 Å². The van der Waals surface area contributed by atoms with Gasteiger partial charge in [0.05, 0.1) is 12.5 Å². The molecule has 0 fully saturated rings. The van der Waals surface area contributed by atoms with Crippen LogP contribution in [0.25, 0.3) is 0 Å². The van der Waals surface area contributed by atoms with Crippen LogP contribution in [-0.2, 0) is 19.1 Å². The van der Waals surface area contributed by atoms with Crippen molar-refractivity contribution in [3.63, 3.8) is 0 Å². The topological polar surface area (TPSA) is 52.6 Å². The van der Waals surface area contributed by atoms with E-state index in [-0.39, 0.29) is 30.4 Å². The number of carbonyl (C=O) groups excluding carboxylic acids is 2. The molecule has 0 radical (unpaired) electrons. The second-order valence-corrected chi connectivity index (χ2v) is 6.55.